The molecule has 6 heteroatoms. The molecule has 0 aliphatic rings. The Morgan fingerprint density at radius 2 is 2.09 bits per heavy atom. The van der Waals surface area contributed by atoms with Crippen LogP contribution in [0.1, 0.15) is 5.56 Å². The Morgan fingerprint density at radius 3 is 2.82 bits per heavy atom. The highest BCUT2D eigenvalue weighted by atomic mass is 19.1. The highest BCUT2D eigenvalue weighted by Gasteiger charge is 2.09. The molecule has 0 bridgehead atoms. The number of halogens is 1. The second-order valence-corrected chi connectivity index (χ2v) is 4.30. The monoisotopic (exact) mass is 299 g/mol. The zero-order valence-corrected chi connectivity index (χ0v) is 11.7. The lowest BCUT2D eigenvalue weighted by Crippen LogP contribution is -2.28. The number of terminal acetylenes is 1. The summed E-state index contributed by atoms with van der Waals surface area (Å²) in [5, 5.41) is 5.27. The fraction of sp³-hybridized carbons (Fsp3) is 0.125. The van der Waals surface area contributed by atoms with Gasteiger partial charge < -0.3 is 15.4 Å². The van der Waals surface area contributed by atoms with Gasteiger partial charge in [-0.15, -0.1) is 6.42 Å². The number of hydrogen-bond donors (Lipinski definition) is 2. The van der Waals surface area contributed by atoms with E-state index in [2.05, 4.69) is 21.5 Å². The minimum absolute atomic E-state index is 0.0171. The lowest BCUT2D eigenvalue weighted by atomic mass is 10.2. The van der Waals surface area contributed by atoms with Crippen LogP contribution in [-0.4, -0.2) is 17.6 Å². The van der Waals surface area contributed by atoms with Gasteiger partial charge in [-0.25, -0.2) is 9.18 Å². The molecule has 0 saturated heterocycles. The highest BCUT2D eigenvalue weighted by molar-refractivity contribution is 5.90. The quantitative estimate of drug-likeness (QED) is 0.834. The van der Waals surface area contributed by atoms with E-state index in [0.717, 1.165) is 11.6 Å². The van der Waals surface area contributed by atoms with E-state index >= 15 is 0 Å². The molecular weight excluding hydrogens is 285 g/mol. The number of anilines is 1. The number of carbonyl (C=O) groups excluding carboxylic acids is 1. The zero-order valence-electron chi connectivity index (χ0n) is 11.7. The first-order valence-electron chi connectivity index (χ1n) is 6.48. The average Bonchev–Trinajstić information content (AvgIpc) is 2.54. The molecule has 0 fully saturated rings. The van der Waals surface area contributed by atoms with Crippen molar-refractivity contribution in [1.29, 1.82) is 0 Å². The lowest BCUT2D eigenvalue weighted by molar-refractivity contribution is 0.251. The SMILES string of the molecule is C#CCOc1cc(F)ccc1NC(=O)NCc1ccncc1. The van der Waals surface area contributed by atoms with Gasteiger partial charge in [-0.2, -0.15) is 0 Å². The van der Waals surface area contributed by atoms with E-state index in [4.69, 9.17) is 11.2 Å². The maximum absolute atomic E-state index is 13.2. The Labute approximate surface area is 127 Å². The molecule has 1 aromatic carbocycles. The van der Waals surface area contributed by atoms with Crippen molar-refractivity contribution in [3.05, 3.63) is 54.1 Å². The second-order valence-electron chi connectivity index (χ2n) is 4.30. The van der Waals surface area contributed by atoms with Gasteiger partial charge in [0.05, 0.1) is 5.69 Å². The number of benzene rings is 1. The van der Waals surface area contributed by atoms with E-state index < -0.39 is 11.8 Å². The molecule has 2 N–H and O–H groups in total. The lowest BCUT2D eigenvalue weighted by Gasteiger charge is -2.12. The number of hydrogen-bond acceptors (Lipinski definition) is 3. The van der Waals surface area contributed by atoms with Crippen LogP contribution in [0.3, 0.4) is 0 Å². The molecule has 0 unspecified atom stereocenters. The number of amides is 2. The minimum Gasteiger partial charge on any atom is -0.479 e. The number of pyridine rings is 1. The van der Waals surface area contributed by atoms with Crippen LogP contribution in [0, 0.1) is 18.2 Å². The molecule has 0 aliphatic carbocycles. The summed E-state index contributed by atoms with van der Waals surface area (Å²) in [6.45, 7) is 0.326. The number of ether oxygens (including phenoxy) is 1. The maximum atomic E-state index is 13.2. The molecule has 1 heterocycles. The van der Waals surface area contributed by atoms with Crippen molar-refractivity contribution in [2.75, 3.05) is 11.9 Å². The van der Waals surface area contributed by atoms with Crippen LogP contribution in [0.15, 0.2) is 42.7 Å². The van der Waals surface area contributed by atoms with Crippen molar-refractivity contribution in [2.45, 2.75) is 6.54 Å². The van der Waals surface area contributed by atoms with Crippen molar-refractivity contribution in [3.8, 4) is 18.1 Å². The van der Waals surface area contributed by atoms with Gasteiger partial charge in [0, 0.05) is 25.0 Å². The van der Waals surface area contributed by atoms with E-state index in [9.17, 15) is 9.18 Å². The summed E-state index contributed by atoms with van der Waals surface area (Å²) >= 11 is 0. The van der Waals surface area contributed by atoms with E-state index in [0.29, 0.717) is 12.2 Å². The molecule has 112 valence electrons. The van der Waals surface area contributed by atoms with E-state index in [1.165, 1.54) is 12.1 Å². The fourth-order valence-electron chi connectivity index (χ4n) is 1.69. The van der Waals surface area contributed by atoms with Crippen LogP contribution in [0.2, 0.25) is 0 Å². The van der Waals surface area contributed by atoms with Crippen LogP contribution in [0.5, 0.6) is 5.75 Å². The number of nitrogens with one attached hydrogen (secondary N) is 2. The molecule has 5 nitrogen and oxygen atoms in total. The van der Waals surface area contributed by atoms with Gasteiger partial charge in [0.1, 0.15) is 18.2 Å². The third kappa shape index (κ3) is 4.49. The summed E-state index contributed by atoms with van der Waals surface area (Å²) in [5.41, 5.74) is 1.25. The molecule has 0 aliphatic heterocycles. The van der Waals surface area contributed by atoms with E-state index in [-0.39, 0.29) is 12.4 Å². The first kappa shape index (κ1) is 15.3. The predicted molar refractivity (Wildman–Crippen MR) is 80.8 cm³/mol. The number of nitrogens with zero attached hydrogens (tertiary/aromatic N) is 1. The Morgan fingerprint density at radius 1 is 1.32 bits per heavy atom. The predicted octanol–water partition coefficient (Wildman–Crippen LogP) is 2.55. The van der Waals surface area contributed by atoms with Crippen molar-refractivity contribution >= 4 is 11.7 Å². The fourth-order valence-corrected chi connectivity index (χ4v) is 1.69. The zero-order chi connectivity index (χ0) is 15.8. The van der Waals surface area contributed by atoms with Gasteiger partial charge in [0.25, 0.3) is 0 Å². The van der Waals surface area contributed by atoms with Gasteiger partial charge in [-0.3, -0.25) is 4.98 Å². The summed E-state index contributed by atoms with van der Waals surface area (Å²) < 4.78 is 18.4. The third-order valence-corrected chi connectivity index (χ3v) is 2.71. The van der Waals surface area contributed by atoms with Gasteiger partial charge >= 0.3 is 6.03 Å². The Kier molecular flexibility index (Phi) is 5.32. The number of urea groups is 1. The summed E-state index contributed by atoms with van der Waals surface area (Å²) in [7, 11) is 0. The molecule has 0 atom stereocenters. The summed E-state index contributed by atoms with van der Waals surface area (Å²) in [4.78, 5) is 15.8. The Bertz CT molecular complexity index is 684. The molecular formula is C16H14FN3O2. The smallest absolute Gasteiger partial charge is 0.319 e. The summed E-state index contributed by atoms with van der Waals surface area (Å²) in [6.07, 6.45) is 8.38. The maximum Gasteiger partial charge on any atom is 0.319 e. The van der Waals surface area contributed by atoms with Crippen LogP contribution in [-0.2, 0) is 6.54 Å². The topological polar surface area (TPSA) is 63.2 Å². The third-order valence-electron chi connectivity index (χ3n) is 2.71. The minimum atomic E-state index is -0.477. The summed E-state index contributed by atoms with van der Waals surface area (Å²) in [6, 6.07) is 6.94. The van der Waals surface area contributed by atoms with E-state index in [1.54, 1.807) is 24.5 Å². The van der Waals surface area contributed by atoms with Crippen molar-refractivity contribution in [3.63, 3.8) is 0 Å². The molecule has 0 spiro atoms. The normalized spacial score (nSPS) is 9.64. The van der Waals surface area contributed by atoms with Crippen LogP contribution < -0.4 is 15.4 Å². The molecule has 2 rings (SSSR count). The van der Waals surface area contributed by atoms with Crippen LogP contribution in [0.25, 0.3) is 0 Å². The molecule has 22 heavy (non-hydrogen) atoms. The molecule has 0 saturated carbocycles. The van der Waals surface area contributed by atoms with Gasteiger partial charge in [0.15, 0.2) is 0 Å². The number of aromatic nitrogens is 1. The molecule has 2 aromatic rings. The van der Waals surface area contributed by atoms with E-state index in [1.807, 2.05) is 0 Å². The standard InChI is InChI=1S/C16H14FN3O2/c1-2-9-22-15-10-13(17)3-4-14(15)20-16(21)19-11-12-5-7-18-8-6-12/h1,3-8,10H,9,11H2,(H2,19,20,21). The number of rotatable bonds is 5. The van der Waals surface area contributed by atoms with Crippen molar-refractivity contribution in [2.24, 2.45) is 0 Å². The first-order valence-corrected chi connectivity index (χ1v) is 6.48. The average molecular weight is 299 g/mol. The summed E-state index contributed by atoms with van der Waals surface area (Å²) in [5.74, 6) is 1.98. The molecule has 0 radical (unpaired) electrons. The first-order chi connectivity index (χ1) is 10.7. The van der Waals surface area contributed by atoms with Gasteiger partial charge in [-0.1, -0.05) is 5.92 Å². The molecule has 2 amide bonds. The number of carbonyl (C=O) groups is 1. The highest BCUT2D eigenvalue weighted by Crippen LogP contribution is 2.25. The largest absolute Gasteiger partial charge is 0.479 e. The van der Waals surface area contributed by atoms with Crippen LogP contribution >= 0.6 is 0 Å². The Hall–Kier alpha value is -3.07. The molecule has 1 aromatic heterocycles. The van der Waals surface area contributed by atoms with Crippen molar-refractivity contribution < 1.29 is 13.9 Å². The second kappa shape index (κ2) is 7.64. The van der Waals surface area contributed by atoms with Gasteiger partial charge in [0.2, 0.25) is 0 Å². The van der Waals surface area contributed by atoms with Crippen molar-refractivity contribution in [1.82, 2.24) is 10.3 Å². The van der Waals surface area contributed by atoms with Gasteiger partial charge in [-0.05, 0) is 29.8 Å². The Balaban J connectivity index is 1.97. The van der Waals surface area contributed by atoms with Crippen LogP contribution in [0.4, 0.5) is 14.9 Å².